The Balaban J connectivity index is 0.000000180. The van der Waals surface area contributed by atoms with Crippen LogP contribution in [0.5, 0.6) is 0 Å². The van der Waals surface area contributed by atoms with Gasteiger partial charge in [0.15, 0.2) is 16.3 Å². The second kappa shape index (κ2) is 14.6. The summed E-state index contributed by atoms with van der Waals surface area (Å²) in [4.78, 5) is 25.7. The van der Waals surface area contributed by atoms with Gasteiger partial charge in [-0.3, -0.25) is 25.5 Å². The summed E-state index contributed by atoms with van der Waals surface area (Å²) in [5.41, 5.74) is 1.31. The first kappa shape index (κ1) is 30.9. The topological polar surface area (TPSA) is 220 Å². The molecule has 6 rings (SSSR count). The van der Waals surface area contributed by atoms with Gasteiger partial charge in [-0.2, -0.15) is 30.1 Å². The Hall–Kier alpha value is -2.67. The van der Waals surface area contributed by atoms with Gasteiger partial charge >= 0.3 is 0 Å². The summed E-state index contributed by atoms with van der Waals surface area (Å²) >= 11 is 14.5. The number of nitrogens with one attached hydrogen (secondary N) is 4. The molecule has 4 heterocycles. The van der Waals surface area contributed by atoms with Gasteiger partial charge in [-0.1, -0.05) is 0 Å². The molecule has 2 aliphatic rings. The highest BCUT2D eigenvalue weighted by atomic mass is 35.5. The number of fused-ring (bicyclic) bond motifs is 2. The van der Waals surface area contributed by atoms with E-state index in [1.54, 1.807) is 18.9 Å². The lowest BCUT2D eigenvalue weighted by Crippen LogP contribution is -2.04. The minimum atomic E-state index is -0.833. The third-order valence-corrected chi connectivity index (χ3v) is 6.55. The smallest absolute Gasteiger partial charge is 0.300 e. The maximum Gasteiger partial charge on any atom is 0.300 e. The van der Waals surface area contributed by atoms with E-state index >= 15 is 0 Å². The number of aromatic nitrogens is 8. The van der Waals surface area contributed by atoms with Gasteiger partial charge in [-0.25, -0.2) is 0 Å². The van der Waals surface area contributed by atoms with E-state index in [0.29, 0.717) is 28.4 Å². The Morgan fingerprint density at radius 3 is 1.69 bits per heavy atom. The van der Waals surface area contributed by atoms with E-state index in [1.807, 2.05) is 6.26 Å². The highest BCUT2D eigenvalue weighted by Crippen LogP contribution is 2.34. The molecule has 0 unspecified atom stereocenters. The molecule has 0 aliphatic heterocycles. The third-order valence-electron chi connectivity index (χ3n) is 4.91. The molecule has 0 spiro atoms. The normalized spacial score (nSPS) is 13.9. The van der Waals surface area contributed by atoms with Gasteiger partial charge in [0.25, 0.3) is 5.97 Å². The number of thioether (sulfide) groups is 1. The number of anilines is 2. The number of hydrogen-bond donors (Lipinski definition) is 7. The first-order valence-corrected chi connectivity index (χ1v) is 14.0. The van der Waals surface area contributed by atoms with Gasteiger partial charge in [0.1, 0.15) is 16.7 Å². The molecule has 2 aliphatic carbocycles. The van der Waals surface area contributed by atoms with Gasteiger partial charge in [0, 0.05) is 19.0 Å². The number of aliphatic carboxylic acids is 1. The molecular formula is C20H26Cl2N10O5S2. The number of hydrogen-bond acceptors (Lipinski definition) is 14. The first-order valence-electron chi connectivity index (χ1n) is 11.3. The molecule has 4 aromatic heterocycles. The fourth-order valence-corrected chi connectivity index (χ4v) is 4.48. The molecule has 0 atom stereocenters. The number of aromatic amines is 2. The number of carbonyl (C=O) groups is 1. The third kappa shape index (κ3) is 8.92. The van der Waals surface area contributed by atoms with E-state index in [9.17, 15) is 0 Å². The molecule has 15 nitrogen and oxygen atoms in total. The lowest BCUT2D eigenvalue weighted by Gasteiger charge is -2.05. The monoisotopic (exact) mass is 620 g/mol. The SMILES string of the molecule is CC(=O)O.COSc1n[nH]c2nc(Cl)nc(NC3CC3)c12.CSc1n[nH]c2nc(Cl)nc(NC3CC3)c12.OO. The van der Waals surface area contributed by atoms with Gasteiger partial charge in [0.2, 0.25) is 10.6 Å². The molecule has 39 heavy (non-hydrogen) atoms. The summed E-state index contributed by atoms with van der Waals surface area (Å²) < 4.78 is 5.02. The van der Waals surface area contributed by atoms with Crippen molar-refractivity contribution < 1.29 is 24.6 Å². The Labute approximate surface area is 240 Å². The van der Waals surface area contributed by atoms with Gasteiger partial charge in [-0.15, -0.1) is 11.8 Å². The summed E-state index contributed by atoms with van der Waals surface area (Å²) in [5, 5.41) is 43.9. The van der Waals surface area contributed by atoms with Gasteiger partial charge in [0.05, 0.1) is 29.9 Å². The van der Waals surface area contributed by atoms with Crippen LogP contribution >= 0.6 is 47.0 Å². The number of carboxylic acids is 1. The van der Waals surface area contributed by atoms with Crippen LogP contribution in [0.3, 0.4) is 0 Å². The minimum Gasteiger partial charge on any atom is -0.481 e. The molecule has 2 fully saturated rings. The lowest BCUT2D eigenvalue weighted by molar-refractivity contribution is -0.176. The molecule has 212 valence electrons. The number of nitrogens with zero attached hydrogens (tertiary/aromatic N) is 6. The molecular weight excluding hydrogens is 595 g/mol. The average Bonchev–Trinajstić information content (AvgIpc) is 3.81. The highest BCUT2D eigenvalue weighted by Gasteiger charge is 2.25. The molecule has 0 aromatic carbocycles. The van der Waals surface area contributed by atoms with Crippen molar-refractivity contribution >= 4 is 86.7 Å². The first-order chi connectivity index (χ1) is 18.8. The zero-order valence-electron chi connectivity index (χ0n) is 20.9. The van der Waals surface area contributed by atoms with Gasteiger partial charge in [-0.05, 0) is 55.1 Å². The van der Waals surface area contributed by atoms with Crippen LogP contribution in [-0.2, 0) is 8.98 Å². The predicted molar refractivity (Wildman–Crippen MR) is 150 cm³/mol. The van der Waals surface area contributed by atoms with Crippen molar-refractivity contribution in [3.8, 4) is 0 Å². The van der Waals surface area contributed by atoms with Crippen molar-refractivity contribution in [3.05, 3.63) is 10.6 Å². The van der Waals surface area contributed by atoms with Crippen LogP contribution in [0.2, 0.25) is 10.6 Å². The Morgan fingerprint density at radius 2 is 1.31 bits per heavy atom. The van der Waals surface area contributed by atoms with Crippen LogP contribution in [0.25, 0.3) is 22.1 Å². The highest BCUT2D eigenvalue weighted by molar-refractivity contribution is 7.98. The molecule has 4 aromatic rings. The van der Waals surface area contributed by atoms with E-state index in [1.165, 1.54) is 24.9 Å². The molecule has 7 N–H and O–H groups in total. The second-order valence-electron chi connectivity index (χ2n) is 8.00. The number of carboxylic acid groups (broad SMARTS) is 1. The molecule has 0 bridgehead atoms. The molecule has 0 saturated heterocycles. The van der Waals surface area contributed by atoms with Crippen molar-refractivity contribution in [2.75, 3.05) is 24.0 Å². The Morgan fingerprint density at radius 1 is 0.897 bits per heavy atom. The molecule has 0 amide bonds. The van der Waals surface area contributed by atoms with Crippen molar-refractivity contribution in [1.82, 2.24) is 40.3 Å². The fourth-order valence-electron chi connectivity index (χ4n) is 3.09. The minimum absolute atomic E-state index is 0.207. The zero-order chi connectivity index (χ0) is 28.5. The standard InChI is InChI=1S/C9H10ClN5OS.C9H10ClN5S.C2H4O2.H2O2/c1-16-17-8-5-6(11-4-2-3-4)12-9(10)13-7(5)14-15-8;1-16-8-5-6(11-4-2-3-4)12-9(10)13-7(5)14-15-8;1-2(3)4;1-2/h4H,2-3H2,1H3,(H2,11,12,13,14,15);4H,2-3H2,1H3,(H2,11,12,13,14,15);1H3,(H,3,4);1-2H. The molecule has 19 heteroatoms. The molecule has 0 radical (unpaired) electrons. The largest absolute Gasteiger partial charge is 0.481 e. The summed E-state index contributed by atoms with van der Waals surface area (Å²) in [7, 11) is 1.59. The van der Waals surface area contributed by atoms with Crippen LogP contribution < -0.4 is 10.6 Å². The second-order valence-corrected chi connectivity index (χ2v) is 10.4. The Bertz CT molecular complexity index is 1400. The number of halogens is 2. The van der Waals surface area contributed by atoms with Crippen LogP contribution in [0.15, 0.2) is 10.1 Å². The predicted octanol–water partition coefficient (Wildman–Crippen LogP) is 4.64. The Kier molecular flexibility index (Phi) is 11.6. The maximum absolute atomic E-state index is 9.00. The quantitative estimate of drug-likeness (QED) is 0.0491. The number of rotatable bonds is 7. The number of H-pyrrole nitrogens is 2. The summed E-state index contributed by atoms with van der Waals surface area (Å²) in [5.74, 6) is 0.673. The summed E-state index contributed by atoms with van der Waals surface area (Å²) in [6, 6.07) is 1.01. The zero-order valence-corrected chi connectivity index (χ0v) is 24.0. The van der Waals surface area contributed by atoms with E-state index in [0.717, 1.165) is 47.2 Å². The van der Waals surface area contributed by atoms with Crippen molar-refractivity contribution in [3.63, 3.8) is 0 Å². The van der Waals surface area contributed by atoms with E-state index in [4.69, 9.17) is 47.8 Å². The summed E-state index contributed by atoms with van der Waals surface area (Å²) in [6.07, 6.45) is 6.68. The van der Waals surface area contributed by atoms with E-state index in [2.05, 4.69) is 51.0 Å². The van der Waals surface area contributed by atoms with Gasteiger partial charge < -0.3 is 19.9 Å². The van der Waals surface area contributed by atoms with E-state index in [-0.39, 0.29) is 10.6 Å². The maximum atomic E-state index is 9.00. The van der Waals surface area contributed by atoms with Crippen molar-refractivity contribution in [2.45, 2.75) is 54.7 Å². The van der Waals surface area contributed by atoms with Crippen LogP contribution in [0, 0.1) is 0 Å². The van der Waals surface area contributed by atoms with E-state index < -0.39 is 5.97 Å². The molecule has 2 saturated carbocycles. The summed E-state index contributed by atoms with van der Waals surface area (Å²) in [6.45, 7) is 1.08. The van der Waals surface area contributed by atoms with Crippen LogP contribution in [-0.4, -0.2) is 87.4 Å². The lowest BCUT2D eigenvalue weighted by atomic mass is 10.4. The van der Waals surface area contributed by atoms with Crippen LogP contribution in [0.1, 0.15) is 32.6 Å². The van der Waals surface area contributed by atoms with Crippen molar-refractivity contribution in [1.29, 1.82) is 0 Å². The average molecular weight is 622 g/mol. The van der Waals surface area contributed by atoms with Crippen LogP contribution in [0.4, 0.5) is 11.6 Å². The van der Waals surface area contributed by atoms with Crippen molar-refractivity contribution in [2.24, 2.45) is 0 Å². The fraction of sp³-hybridized carbons (Fsp3) is 0.450.